The molecule has 0 unspecified atom stereocenters. The highest BCUT2D eigenvalue weighted by molar-refractivity contribution is 7.80. The summed E-state index contributed by atoms with van der Waals surface area (Å²) in [5.74, 6) is -0.0789. The van der Waals surface area contributed by atoms with Crippen LogP contribution in [0.4, 0.5) is 5.69 Å². The second-order valence-electron chi connectivity index (χ2n) is 4.75. The summed E-state index contributed by atoms with van der Waals surface area (Å²) in [4.78, 5) is 12.3. The molecule has 1 rings (SSSR count). The molecule has 3 nitrogen and oxygen atoms in total. The van der Waals surface area contributed by atoms with E-state index in [0.29, 0.717) is 16.3 Å². The Kier molecular flexibility index (Phi) is 4.71. The van der Waals surface area contributed by atoms with Crippen molar-refractivity contribution in [2.45, 2.75) is 27.2 Å². The molecule has 0 atom stereocenters. The van der Waals surface area contributed by atoms with Crippen molar-refractivity contribution in [3.63, 3.8) is 0 Å². The molecule has 3 N–H and O–H groups in total. The van der Waals surface area contributed by atoms with Crippen molar-refractivity contribution >= 4 is 40.4 Å². The van der Waals surface area contributed by atoms with Crippen LogP contribution in [0.25, 0.3) is 0 Å². The van der Waals surface area contributed by atoms with E-state index in [9.17, 15) is 4.79 Å². The van der Waals surface area contributed by atoms with E-state index in [1.54, 1.807) is 18.2 Å². The number of benzene rings is 1. The Labute approximate surface area is 118 Å². The maximum absolute atomic E-state index is 12.1. The minimum atomic E-state index is -0.449. The van der Waals surface area contributed by atoms with Crippen LogP contribution < -0.4 is 11.1 Å². The highest BCUT2D eigenvalue weighted by Crippen LogP contribution is 2.26. The van der Waals surface area contributed by atoms with E-state index >= 15 is 0 Å². The lowest BCUT2D eigenvalue weighted by molar-refractivity contribution is -0.124. The van der Waals surface area contributed by atoms with Crippen LogP contribution in [0.5, 0.6) is 0 Å². The van der Waals surface area contributed by atoms with Crippen molar-refractivity contribution in [2.75, 3.05) is 5.32 Å². The molecule has 0 aliphatic carbocycles. The number of carbonyl (C=O) groups is 1. The van der Waals surface area contributed by atoms with Gasteiger partial charge in [0.1, 0.15) is 4.99 Å². The number of hydrogen-bond acceptors (Lipinski definition) is 2. The number of anilines is 1. The lowest BCUT2D eigenvalue weighted by Crippen LogP contribution is -2.31. The number of nitrogens with two attached hydrogens (primary N) is 1. The van der Waals surface area contributed by atoms with Gasteiger partial charge >= 0.3 is 0 Å². The minimum Gasteiger partial charge on any atom is -0.389 e. The third-order valence-corrected chi connectivity index (χ3v) is 3.45. The smallest absolute Gasteiger partial charge is 0.230 e. The molecule has 1 aromatic carbocycles. The molecule has 0 bridgehead atoms. The lowest BCUT2D eigenvalue weighted by atomic mass is 9.89. The molecule has 18 heavy (non-hydrogen) atoms. The zero-order valence-corrected chi connectivity index (χ0v) is 12.3. The van der Waals surface area contributed by atoms with Gasteiger partial charge in [0.05, 0.1) is 5.69 Å². The molecular weight excluding hydrogens is 268 g/mol. The van der Waals surface area contributed by atoms with Gasteiger partial charge in [0.2, 0.25) is 5.91 Å². The fourth-order valence-electron chi connectivity index (χ4n) is 1.29. The number of amides is 1. The predicted molar refractivity (Wildman–Crippen MR) is 80.0 cm³/mol. The quantitative estimate of drug-likeness (QED) is 0.834. The highest BCUT2D eigenvalue weighted by Gasteiger charge is 2.26. The molecule has 0 aromatic heterocycles. The fourth-order valence-corrected chi connectivity index (χ4v) is 1.64. The van der Waals surface area contributed by atoms with Crippen molar-refractivity contribution in [1.82, 2.24) is 0 Å². The number of hydrogen-bond donors (Lipinski definition) is 2. The highest BCUT2D eigenvalue weighted by atomic mass is 35.5. The summed E-state index contributed by atoms with van der Waals surface area (Å²) < 4.78 is 0. The van der Waals surface area contributed by atoms with E-state index in [1.165, 1.54) is 0 Å². The van der Waals surface area contributed by atoms with Crippen LogP contribution in [-0.4, -0.2) is 10.9 Å². The molecule has 0 aliphatic heterocycles. The molecular formula is C13H17ClN2OS. The summed E-state index contributed by atoms with van der Waals surface area (Å²) in [5.41, 5.74) is 6.35. The zero-order chi connectivity index (χ0) is 13.9. The van der Waals surface area contributed by atoms with E-state index in [0.717, 1.165) is 6.42 Å². The van der Waals surface area contributed by atoms with Gasteiger partial charge in [-0.1, -0.05) is 44.6 Å². The number of rotatable bonds is 4. The first-order valence-corrected chi connectivity index (χ1v) is 6.47. The molecule has 0 saturated carbocycles. The Bertz CT molecular complexity index is 486. The van der Waals surface area contributed by atoms with Gasteiger partial charge in [0.15, 0.2) is 0 Å². The number of carbonyl (C=O) groups excluding carboxylic acids is 1. The molecule has 0 fully saturated rings. The zero-order valence-electron chi connectivity index (χ0n) is 10.7. The third kappa shape index (κ3) is 3.43. The van der Waals surface area contributed by atoms with Crippen LogP contribution in [0.3, 0.4) is 0 Å². The Balaban J connectivity index is 3.07. The van der Waals surface area contributed by atoms with Gasteiger partial charge in [-0.15, -0.1) is 0 Å². The number of nitrogens with one attached hydrogen (secondary N) is 1. The average Bonchev–Trinajstić information content (AvgIpc) is 2.28. The lowest BCUT2D eigenvalue weighted by Gasteiger charge is -2.22. The van der Waals surface area contributed by atoms with Crippen molar-refractivity contribution in [2.24, 2.45) is 11.1 Å². The predicted octanol–water partition coefficient (Wildman–Crippen LogP) is 3.35. The Morgan fingerprint density at radius 2 is 2.11 bits per heavy atom. The molecule has 0 spiro atoms. The van der Waals surface area contributed by atoms with Crippen molar-refractivity contribution in [1.29, 1.82) is 0 Å². The molecule has 5 heteroatoms. The van der Waals surface area contributed by atoms with Gasteiger partial charge in [-0.2, -0.15) is 0 Å². The maximum Gasteiger partial charge on any atom is 0.230 e. The summed E-state index contributed by atoms with van der Waals surface area (Å²) >= 11 is 10.9. The van der Waals surface area contributed by atoms with E-state index in [1.807, 2.05) is 20.8 Å². The fraction of sp³-hybridized carbons (Fsp3) is 0.385. The second kappa shape index (κ2) is 5.67. The van der Waals surface area contributed by atoms with E-state index in [2.05, 4.69) is 5.32 Å². The Morgan fingerprint density at radius 3 is 2.61 bits per heavy atom. The van der Waals surface area contributed by atoms with Gasteiger partial charge in [-0.05, 0) is 24.6 Å². The van der Waals surface area contributed by atoms with Crippen LogP contribution in [0.15, 0.2) is 18.2 Å². The molecule has 98 valence electrons. The SMILES string of the molecule is CCC(C)(C)C(=O)Nc1cc(Cl)ccc1C(N)=S. The Morgan fingerprint density at radius 1 is 1.50 bits per heavy atom. The summed E-state index contributed by atoms with van der Waals surface area (Å²) in [6.45, 7) is 5.73. The molecule has 1 amide bonds. The first-order chi connectivity index (χ1) is 8.27. The third-order valence-electron chi connectivity index (χ3n) is 2.99. The monoisotopic (exact) mass is 284 g/mol. The van der Waals surface area contributed by atoms with Crippen molar-refractivity contribution in [3.8, 4) is 0 Å². The summed E-state index contributed by atoms with van der Waals surface area (Å²) in [5, 5.41) is 3.36. The minimum absolute atomic E-state index is 0.0789. The summed E-state index contributed by atoms with van der Waals surface area (Å²) in [6.07, 6.45) is 0.738. The van der Waals surface area contributed by atoms with Crippen molar-refractivity contribution < 1.29 is 4.79 Å². The topological polar surface area (TPSA) is 55.1 Å². The van der Waals surface area contributed by atoms with Gasteiger partial charge in [-0.3, -0.25) is 4.79 Å². The first kappa shape index (κ1) is 14.9. The molecule has 0 radical (unpaired) electrons. The normalized spacial score (nSPS) is 11.1. The first-order valence-electron chi connectivity index (χ1n) is 5.68. The van der Waals surface area contributed by atoms with Gasteiger partial charge < -0.3 is 11.1 Å². The van der Waals surface area contributed by atoms with Crippen molar-refractivity contribution in [3.05, 3.63) is 28.8 Å². The van der Waals surface area contributed by atoms with Crippen LogP contribution in [0, 0.1) is 5.41 Å². The molecule has 0 aliphatic rings. The standard InChI is InChI=1S/C13H17ClN2OS/c1-4-13(2,3)12(17)16-10-7-8(14)5-6-9(10)11(15)18/h5-7H,4H2,1-3H3,(H2,15,18)(H,16,17). The molecule has 0 saturated heterocycles. The van der Waals surface area contributed by atoms with Gasteiger partial charge in [0, 0.05) is 16.0 Å². The largest absolute Gasteiger partial charge is 0.389 e. The summed E-state index contributed by atoms with van der Waals surface area (Å²) in [7, 11) is 0. The van der Waals surface area contributed by atoms with Crippen LogP contribution in [-0.2, 0) is 4.79 Å². The maximum atomic E-state index is 12.1. The van der Waals surface area contributed by atoms with Crippen LogP contribution in [0.1, 0.15) is 32.8 Å². The number of thiocarbonyl (C=S) groups is 1. The summed E-state index contributed by atoms with van der Waals surface area (Å²) in [6, 6.07) is 5.05. The van der Waals surface area contributed by atoms with E-state index in [4.69, 9.17) is 29.6 Å². The average molecular weight is 285 g/mol. The van der Waals surface area contributed by atoms with Gasteiger partial charge in [-0.25, -0.2) is 0 Å². The van der Waals surface area contributed by atoms with Gasteiger partial charge in [0.25, 0.3) is 0 Å². The van der Waals surface area contributed by atoms with Crippen LogP contribution in [0.2, 0.25) is 5.02 Å². The molecule has 0 heterocycles. The Hall–Kier alpha value is -1.13. The molecule has 1 aromatic rings. The second-order valence-corrected chi connectivity index (χ2v) is 5.62. The number of halogens is 1. The van der Waals surface area contributed by atoms with E-state index in [-0.39, 0.29) is 10.9 Å². The van der Waals surface area contributed by atoms with Crippen LogP contribution >= 0.6 is 23.8 Å². The van der Waals surface area contributed by atoms with E-state index < -0.39 is 5.41 Å².